The SMILES string of the molecule is COc1ccc2nc(Cl)c(/C=N\NC(=O)C(N)=O)cc2c1. The molecule has 2 aromatic rings. The Kier molecular flexibility index (Phi) is 4.34. The Morgan fingerprint density at radius 1 is 1.43 bits per heavy atom. The molecule has 0 aliphatic heterocycles. The second kappa shape index (κ2) is 6.19. The normalized spacial score (nSPS) is 10.8. The molecule has 0 saturated carbocycles. The molecule has 7 nitrogen and oxygen atoms in total. The zero-order valence-corrected chi connectivity index (χ0v) is 11.7. The van der Waals surface area contributed by atoms with Crippen LogP contribution < -0.4 is 15.9 Å². The van der Waals surface area contributed by atoms with Crippen LogP contribution in [0.15, 0.2) is 29.4 Å². The first-order chi connectivity index (χ1) is 10.0. The third-order valence-electron chi connectivity index (χ3n) is 2.60. The number of carbonyl (C=O) groups excluding carboxylic acids is 2. The zero-order valence-electron chi connectivity index (χ0n) is 11.0. The molecule has 0 unspecified atom stereocenters. The van der Waals surface area contributed by atoms with Gasteiger partial charge in [-0.3, -0.25) is 9.59 Å². The van der Waals surface area contributed by atoms with Crippen molar-refractivity contribution in [2.45, 2.75) is 0 Å². The quantitative estimate of drug-likeness (QED) is 0.379. The summed E-state index contributed by atoms with van der Waals surface area (Å²) < 4.78 is 5.13. The molecule has 3 N–H and O–H groups in total. The Morgan fingerprint density at radius 3 is 2.86 bits per heavy atom. The lowest BCUT2D eigenvalue weighted by Gasteiger charge is -2.04. The Bertz CT molecular complexity index is 746. The molecule has 1 aromatic heterocycles. The minimum absolute atomic E-state index is 0.213. The number of amides is 2. The number of aromatic nitrogens is 1. The molecule has 21 heavy (non-hydrogen) atoms. The number of primary amides is 1. The van der Waals surface area contributed by atoms with E-state index in [-0.39, 0.29) is 5.15 Å². The minimum atomic E-state index is -1.13. The standard InChI is InChI=1S/C13H11ClN4O3/c1-21-9-2-3-10-7(5-9)4-8(11(14)17-10)6-16-18-13(20)12(15)19/h2-6H,1H3,(H2,15,19)(H,18,20)/b16-6-. The highest BCUT2D eigenvalue weighted by molar-refractivity contribution is 6.34. The summed E-state index contributed by atoms with van der Waals surface area (Å²) in [6.45, 7) is 0. The van der Waals surface area contributed by atoms with Crippen molar-refractivity contribution in [3.05, 3.63) is 35.0 Å². The Balaban J connectivity index is 2.31. The van der Waals surface area contributed by atoms with Gasteiger partial charge in [-0.15, -0.1) is 0 Å². The van der Waals surface area contributed by atoms with Crippen molar-refractivity contribution in [2.24, 2.45) is 10.8 Å². The van der Waals surface area contributed by atoms with Crippen molar-refractivity contribution in [1.29, 1.82) is 0 Å². The molecule has 1 heterocycles. The molecule has 8 heteroatoms. The first kappa shape index (κ1) is 14.7. The van der Waals surface area contributed by atoms with Crippen molar-refractivity contribution in [3.8, 4) is 5.75 Å². The second-order valence-corrected chi connectivity index (χ2v) is 4.35. The molecule has 108 valence electrons. The molecule has 0 fully saturated rings. The van der Waals surface area contributed by atoms with E-state index in [0.29, 0.717) is 16.8 Å². The van der Waals surface area contributed by atoms with Crippen LogP contribution in [0.5, 0.6) is 5.75 Å². The summed E-state index contributed by atoms with van der Waals surface area (Å²) in [7, 11) is 1.56. The topological polar surface area (TPSA) is 107 Å². The molecule has 0 saturated heterocycles. The lowest BCUT2D eigenvalue weighted by Crippen LogP contribution is -2.32. The minimum Gasteiger partial charge on any atom is -0.497 e. The van der Waals surface area contributed by atoms with Gasteiger partial charge in [-0.2, -0.15) is 5.10 Å². The van der Waals surface area contributed by atoms with Gasteiger partial charge in [0, 0.05) is 10.9 Å². The number of fused-ring (bicyclic) bond motifs is 1. The summed E-state index contributed by atoms with van der Waals surface area (Å²) in [5.74, 6) is -1.46. The maximum absolute atomic E-state index is 10.9. The van der Waals surface area contributed by atoms with Crippen molar-refractivity contribution < 1.29 is 14.3 Å². The largest absolute Gasteiger partial charge is 0.497 e. The van der Waals surface area contributed by atoms with Crippen LogP contribution in [0.1, 0.15) is 5.56 Å². The number of hydrogen-bond acceptors (Lipinski definition) is 5. The number of hydrogen-bond donors (Lipinski definition) is 2. The molecular weight excluding hydrogens is 296 g/mol. The summed E-state index contributed by atoms with van der Waals surface area (Å²) in [4.78, 5) is 25.7. The molecule has 0 atom stereocenters. The van der Waals surface area contributed by atoms with Gasteiger partial charge in [0.15, 0.2) is 0 Å². The van der Waals surface area contributed by atoms with E-state index in [1.165, 1.54) is 6.21 Å². The van der Waals surface area contributed by atoms with Gasteiger partial charge in [-0.05, 0) is 24.3 Å². The van der Waals surface area contributed by atoms with Gasteiger partial charge in [0.05, 0.1) is 18.8 Å². The number of nitrogens with two attached hydrogens (primary N) is 1. The fraction of sp³-hybridized carbons (Fsp3) is 0.0769. The highest BCUT2D eigenvalue weighted by atomic mass is 35.5. The average Bonchev–Trinajstić information content (AvgIpc) is 2.47. The van der Waals surface area contributed by atoms with Crippen LogP contribution in [0.3, 0.4) is 0 Å². The van der Waals surface area contributed by atoms with E-state index in [9.17, 15) is 9.59 Å². The highest BCUT2D eigenvalue weighted by Crippen LogP contribution is 2.23. The third kappa shape index (κ3) is 3.46. The van der Waals surface area contributed by atoms with Crippen molar-refractivity contribution in [3.63, 3.8) is 0 Å². The number of ether oxygens (including phenoxy) is 1. The van der Waals surface area contributed by atoms with Gasteiger partial charge in [0.1, 0.15) is 10.9 Å². The Morgan fingerprint density at radius 2 is 2.19 bits per heavy atom. The molecule has 0 bridgehead atoms. The lowest BCUT2D eigenvalue weighted by atomic mass is 10.1. The Hall–Kier alpha value is -2.67. The van der Waals surface area contributed by atoms with Crippen LogP contribution in [-0.2, 0) is 9.59 Å². The van der Waals surface area contributed by atoms with Gasteiger partial charge in [0.2, 0.25) is 0 Å². The summed E-state index contributed by atoms with van der Waals surface area (Å²) in [6, 6.07) is 7.06. The molecule has 0 aliphatic carbocycles. The van der Waals surface area contributed by atoms with Crippen LogP contribution in [0.2, 0.25) is 5.15 Å². The number of benzene rings is 1. The van der Waals surface area contributed by atoms with Crippen LogP contribution >= 0.6 is 11.6 Å². The maximum atomic E-state index is 10.9. The van der Waals surface area contributed by atoms with Crippen molar-refractivity contribution in [1.82, 2.24) is 10.4 Å². The molecule has 0 radical (unpaired) electrons. The van der Waals surface area contributed by atoms with Crippen molar-refractivity contribution >= 4 is 40.5 Å². The van der Waals surface area contributed by atoms with E-state index in [0.717, 1.165) is 5.39 Å². The van der Waals surface area contributed by atoms with E-state index in [1.54, 1.807) is 31.4 Å². The van der Waals surface area contributed by atoms with E-state index < -0.39 is 11.8 Å². The molecular formula is C13H11ClN4O3. The van der Waals surface area contributed by atoms with E-state index in [2.05, 4.69) is 10.1 Å². The number of halogens is 1. The summed E-state index contributed by atoms with van der Waals surface area (Å²) >= 11 is 6.02. The number of methoxy groups -OCH3 is 1. The van der Waals surface area contributed by atoms with Gasteiger partial charge in [0.25, 0.3) is 0 Å². The molecule has 2 rings (SSSR count). The molecule has 1 aromatic carbocycles. The summed E-state index contributed by atoms with van der Waals surface area (Å²) in [5.41, 5.74) is 7.92. The zero-order chi connectivity index (χ0) is 15.4. The Labute approximate surface area is 124 Å². The number of nitrogens with one attached hydrogen (secondary N) is 1. The molecule has 2 amide bonds. The predicted molar refractivity (Wildman–Crippen MR) is 78.2 cm³/mol. The van der Waals surface area contributed by atoms with E-state index in [4.69, 9.17) is 22.1 Å². The number of nitrogens with zero attached hydrogens (tertiary/aromatic N) is 2. The van der Waals surface area contributed by atoms with E-state index >= 15 is 0 Å². The third-order valence-corrected chi connectivity index (χ3v) is 2.90. The smallest absolute Gasteiger partial charge is 0.329 e. The first-order valence-electron chi connectivity index (χ1n) is 5.78. The fourth-order valence-electron chi connectivity index (χ4n) is 1.58. The number of carbonyl (C=O) groups is 2. The number of hydrazone groups is 1. The summed E-state index contributed by atoms with van der Waals surface area (Å²) in [6.07, 6.45) is 1.27. The number of pyridine rings is 1. The molecule has 0 aliphatic rings. The van der Waals surface area contributed by atoms with E-state index in [1.807, 2.05) is 5.43 Å². The second-order valence-electron chi connectivity index (χ2n) is 3.99. The monoisotopic (exact) mass is 306 g/mol. The lowest BCUT2D eigenvalue weighted by molar-refractivity contribution is -0.137. The van der Waals surface area contributed by atoms with Gasteiger partial charge < -0.3 is 10.5 Å². The fourth-order valence-corrected chi connectivity index (χ4v) is 1.77. The molecule has 0 spiro atoms. The summed E-state index contributed by atoms with van der Waals surface area (Å²) in [5, 5.41) is 4.60. The predicted octanol–water partition coefficient (Wildman–Crippen LogP) is 0.832. The van der Waals surface area contributed by atoms with Gasteiger partial charge in [-0.1, -0.05) is 11.6 Å². The number of rotatable bonds is 3. The van der Waals surface area contributed by atoms with Crippen LogP contribution in [0.4, 0.5) is 0 Å². The van der Waals surface area contributed by atoms with Crippen LogP contribution in [0.25, 0.3) is 10.9 Å². The highest BCUT2D eigenvalue weighted by Gasteiger charge is 2.07. The van der Waals surface area contributed by atoms with Gasteiger partial charge >= 0.3 is 11.8 Å². The van der Waals surface area contributed by atoms with Crippen LogP contribution in [-0.4, -0.2) is 30.1 Å². The average molecular weight is 307 g/mol. The first-order valence-corrected chi connectivity index (χ1v) is 6.16. The van der Waals surface area contributed by atoms with Crippen molar-refractivity contribution in [2.75, 3.05) is 7.11 Å². The van der Waals surface area contributed by atoms with Gasteiger partial charge in [-0.25, -0.2) is 10.4 Å². The maximum Gasteiger partial charge on any atom is 0.329 e. The van der Waals surface area contributed by atoms with Crippen LogP contribution in [0, 0.1) is 0 Å².